The van der Waals surface area contributed by atoms with Gasteiger partial charge in [-0.05, 0) is 24.7 Å². The van der Waals surface area contributed by atoms with E-state index >= 15 is 0 Å². The van der Waals surface area contributed by atoms with Crippen LogP contribution in [0.4, 0.5) is 4.79 Å². The van der Waals surface area contributed by atoms with Crippen LogP contribution in [0.25, 0.3) is 0 Å². The monoisotopic (exact) mass is 245 g/mol. The fourth-order valence-corrected chi connectivity index (χ4v) is 1.65. The standard InChI is InChI=1S/C12H23NO4/c1-4-5-17-11(14)7-10(6-9(2)3)8-13-12(15)16/h9-10,13H,4-8H2,1-3H3,(H,15,16). The Morgan fingerprint density at radius 1 is 1.35 bits per heavy atom. The van der Waals surface area contributed by atoms with Crippen molar-refractivity contribution in [1.82, 2.24) is 5.32 Å². The second-order valence-electron chi connectivity index (χ2n) is 4.61. The van der Waals surface area contributed by atoms with Gasteiger partial charge in [0, 0.05) is 6.54 Å². The summed E-state index contributed by atoms with van der Waals surface area (Å²) < 4.78 is 5.00. The molecule has 0 heterocycles. The average Bonchev–Trinajstić information content (AvgIpc) is 2.22. The average molecular weight is 245 g/mol. The molecular formula is C12H23NO4. The van der Waals surface area contributed by atoms with Gasteiger partial charge in [-0.1, -0.05) is 20.8 Å². The molecule has 0 aliphatic heterocycles. The van der Waals surface area contributed by atoms with Crippen LogP contribution in [0.1, 0.15) is 40.0 Å². The number of carbonyl (C=O) groups is 2. The highest BCUT2D eigenvalue weighted by molar-refractivity contribution is 5.70. The number of hydrogen-bond donors (Lipinski definition) is 2. The fourth-order valence-electron chi connectivity index (χ4n) is 1.65. The van der Waals surface area contributed by atoms with Gasteiger partial charge in [0.05, 0.1) is 13.0 Å². The van der Waals surface area contributed by atoms with Crippen LogP contribution in [0.2, 0.25) is 0 Å². The van der Waals surface area contributed by atoms with Gasteiger partial charge < -0.3 is 15.2 Å². The maximum Gasteiger partial charge on any atom is 0.404 e. The summed E-state index contributed by atoms with van der Waals surface area (Å²) in [6.07, 6.45) is 0.828. The maximum absolute atomic E-state index is 11.4. The SMILES string of the molecule is CCCOC(=O)CC(CNC(=O)O)CC(C)C. The van der Waals surface area contributed by atoms with Crippen LogP contribution in [0.15, 0.2) is 0 Å². The minimum atomic E-state index is -1.05. The Morgan fingerprint density at radius 2 is 2.00 bits per heavy atom. The van der Waals surface area contributed by atoms with Crippen molar-refractivity contribution in [3.63, 3.8) is 0 Å². The van der Waals surface area contributed by atoms with Gasteiger partial charge in [-0.2, -0.15) is 0 Å². The van der Waals surface area contributed by atoms with Crippen molar-refractivity contribution in [2.45, 2.75) is 40.0 Å². The molecule has 0 spiro atoms. The zero-order valence-corrected chi connectivity index (χ0v) is 10.9. The molecule has 2 N–H and O–H groups in total. The molecule has 100 valence electrons. The molecule has 0 rings (SSSR count). The normalized spacial score (nSPS) is 12.2. The number of hydrogen-bond acceptors (Lipinski definition) is 3. The molecule has 5 heteroatoms. The highest BCUT2D eigenvalue weighted by Crippen LogP contribution is 2.15. The van der Waals surface area contributed by atoms with Crippen molar-refractivity contribution in [2.24, 2.45) is 11.8 Å². The minimum Gasteiger partial charge on any atom is -0.466 e. The second-order valence-corrected chi connectivity index (χ2v) is 4.61. The topological polar surface area (TPSA) is 75.6 Å². The number of amides is 1. The van der Waals surface area contributed by atoms with Crippen molar-refractivity contribution >= 4 is 12.1 Å². The van der Waals surface area contributed by atoms with Crippen LogP contribution in [-0.4, -0.2) is 30.3 Å². The Labute approximate surface area is 103 Å². The third-order valence-electron chi connectivity index (χ3n) is 2.27. The van der Waals surface area contributed by atoms with E-state index in [0.717, 1.165) is 12.8 Å². The number of rotatable bonds is 8. The molecule has 0 aliphatic rings. The molecule has 0 aromatic heterocycles. The van der Waals surface area contributed by atoms with Crippen LogP contribution in [-0.2, 0) is 9.53 Å². The first-order valence-corrected chi connectivity index (χ1v) is 6.08. The molecule has 0 aromatic rings. The summed E-state index contributed by atoms with van der Waals surface area (Å²) >= 11 is 0. The number of esters is 1. The van der Waals surface area contributed by atoms with Crippen molar-refractivity contribution in [3.8, 4) is 0 Å². The smallest absolute Gasteiger partial charge is 0.404 e. The van der Waals surface area contributed by atoms with E-state index < -0.39 is 6.09 Å². The molecule has 17 heavy (non-hydrogen) atoms. The van der Waals surface area contributed by atoms with Gasteiger partial charge in [0.15, 0.2) is 0 Å². The minimum absolute atomic E-state index is 0.00968. The van der Waals surface area contributed by atoms with Crippen molar-refractivity contribution in [2.75, 3.05) is 13.2 Å². The Kier molecular flexibility index (Phi) is 8.19. The van der Waals surface area contributed by atoms with Crippen molar-refractivity contribution < 1.29 is 19.4 Å². The van der Waals surface area contributed by atoms with E-state index in [2.05, 4.69) is 5.32 Å². The third-order valence-corrected chi connectivity index (χ3v) is 2.27. The van der Waals surface area contributed by atoms with Gasteiger partial charge in [-0.15, -0.1) is 0 Å². The van der Waals surface area contributed by atoms with Crippen LogP contribution >= 0.6 is 0 Å². The molecular weight excluding hydrogens is 222 g/mol. The zero-order chi connectivity index (χ0) is 13.3. The molecule has 1 amide bonds. The summed E-state index contributed by atoms with van der Waals surface area (Å²) in [6.45, 7) is 6.76. The predicted octanol–water partition coefficient (Wildman–Crippen LogP) is 2.26. The van der Waals surface area contributed by atoms with Gasteiger partial charge in [0.25, 0.3) is 0 Å². The van der Waals surface area contributed by atoms with Crippen LogP contribution in [0.5, 0.6) is 0 Å². The maximum atomic E-state index is 11.4. The largest absolute Gasteiger partial charge is 0.466 e. The lowest BCUT2D eigenvalue weighted by molar-refractivity contribution is -0.144. The van der Waals surface area contributed by atoms with Crippen LogP contribution in [0.3, 0.4) is 0 Å². The predicted molar refractivity (Wildman–Crippen MR) is 64.8 cm³/mol. The molecule has 0 fully saturated rings. The van der Waals surface area contributed by atoms with E-state index in [1.54, 1.807) is 0 Å². The molecule has 5 nitrogen and oxygen atoms in total. The number of nitrogens with one attached hydrogen (secondary N) is 1. The number of carbonyl (C=O) groups excluding carboxylic acids is 1. The van der Waals surface area contributed by atoms with Crippen LogP contribution < -0.4 is 5.32 Å². The number of carboxylic acid groups (broad SMARTS) is 1. The lowest BCUT2D eigenvalue weighted by atomic mass is 9.94. The second kappa shape index (κ2) is 8.84. The summed E-state index contributed by atoms with van der Waals surface area (Å²) in [4.78, 5) is 21.9. The molecule has 0 aliphatic carbocycles. The lowest BCUT2D eigenvalue weighted by Crippen LogP contribution is -2.30. The highest BCUT2D eigenvalue weighted by Gasteiger charge is 2.17. The molecule has 0 aromatic carbocycles. The first-order chi connectivity index (χ1) is 7.95. The van der Waals surface area contributed by atoms with Crippen molar-refractivity contribution in [3.05, 3.63) is 0 Å². The molecule has 1 unspecified atom stereocenters. The van der Waals surface area contributed by atoms with Gasteiger partial charge >= 0.3 is 12.1 Å². The van der Waals surface area contributed by atoms with Gasteiger partial charge in [0.1, 0.15) is 0 Å². The summed E-state index contributed by atoms with van der Waals surface area (Å²) in [6, 6.07) is 0. The van der Waals surface area contributed by atoms with Crippen molar-refractivity contribution in [1.29, 1.82) is 0 Å². The highest BCUT2D eigenvalue weighted by atomic mass is 16.5. The van der Waals surface area contributed by atoms with Gasteiger partial charge in [-0.3, -0.25) is 4.79 Å². The summed E-state index contributed by atoms with van der Waals surface area (Å²) in [5, 5.41) is 10.9. The summed E-state index contributed by atoms with van der Waals surface area (Å²) in [5.41, 5.74) is 0. The molecule has 0 radical (unpaired) electrons. The Balaban J connectivity index is 4.07. The van der Waals surface area contributed by atoms with Gasteiger partial charge in [-0.25, -0.2) is 4.79 Å². The van der Waals surface area contributed by atoms with E-state index in [0.29, 0.717) is 19.1 Å². The molecule has 0 bridgehead atoms. The third kappa shape index (κ3) is 9.66. The molecule has 0 saturated carbocycles. The molecule has 1 atom stereocenters. The molecule has 0 saturated heterocycles. The Bertz CT molecular complexity index is 241. The van der Waals surface area contributed by atoms with Crippen LogP contribution in [0, 0.1) is 11.8 Å². The first kappa shape index (κ1) is 15.7. The Morgan fingerprint density at radius 3 is 2.47 bits per heavy atom. The zero-order valence-electron chi connectivity index (χ0n) is 10.9. The summed E-state index contributed by atoms with van der Waals surface area (Å²) in [5.74, 6) is 0.190. The quantitative estimate of drug-likeness (QED) is 0.643. The lowest BCUT2D eigenvalue weighted by Gasteiger charge is -2.17. The van der Waals surface area contributed by atoms with Gasteiger partial charge in [0.2, 0.25) is 0 Å². The fraction of sp³-hybridized carbons (Fsp3) is 0.833. The Hall–Kier alpha value is -1.26. The van der Waals surface area contributed by atoms with E-state index in [1.807, 2.05) is 20.8 Å². The summed E-state index contributed by atoms with van der Waals surface area (Å²) in [7, 11) is 0. The first-order valence-electron chi connectivity index (χ1n) is 6.08. The van der Waals surface area contributed by atoms with E-state index in [4.69, 9.17) is 9.84 Å². The number of ether oxygens (including phenoxy) is 1. The van der Waals surface area contributed by atoms with E-state index in [-0.39, 0.29) is 18.3 Å². The van der Waals surface area contributed by atoms with E-state index in [9.17, 15) is 9.59 Å². The van der Waals surface area contributed by atoms with E-state index in [1.165, 1.54) is 0 Å².